The van der Waals surface area contributed by atoms with Gasteiger partial charge in [0.2, 0.25) is 5.95 Å². The summed E-state index contributed by atoms with van der Waals surface area (Å²) in [6.07, 6.45) is 11.2. The molecule has 1 spiro atoms. The maximum absolute atomic E-state index is 13.2. The summed E-state index contributed by atoms with van der Waals surface area (Å²) in [5, 5.41) is 11.5. The van der Waals surface area contributed by atoms with E-state index in [0.717, 1.165) is 77.7 Å². The highest BCUT2D eigenvalue weighted by Gasteiger charge is 2.42. The van der Waals surface area contributed by atoms with Crippen LogP contribution >= 0.6 is 23.1 Å². The molecule has 1 aliphatic carbocycles. The topological polar surface area (TPSA) is 95.1 Å². The molecule has 1 saturated carbocycles. The fourth-order valence-electron chi connectivity index (χ4n) is 5.65. The molecule has 35 heavy (non-hydrogen) atoms. The zero-order chi connectivity index (χ0) is 23.8. The van der Waals surface area contributed by atoms with E-state index >= 15 is 0 Å². The van der Waals surface area contributed by atoms with E-state index in [2.05, 4.69) is 25.9 Å². The number of benzene rings is 1. The van der Waals surface area contributed by atoms with Crippen molar-refractivity contribution in [2.24, 2.45) is 5.41 Å². The largest absolute Gasteiger partial charge is 0.359 e. The molecule has 1 unspecified atom stereocenters. The number of rotatable bonds is 6. The highest BCUT2D eigenvalue weighted by molar-refractivity contribution is 7.98. The van der Waals surface area contributed by atoms with Crippen LogP contribution in [-0.4, -0.2) is 70.3 Å². The second-order valence-electron chi connectivity index (χ2n) is 10.0. The number of hydrogen-bond donors (Lipinski definition) is 3. The van der Waals surface area contributed by atoms with E-state index in [4.69, 9.17) is 4.98 Å². The van der Waals surface area contributed by atoms with Crippen LogP contribution in [-0.2, 0) is 0 Å². The minimum atomic E-state index is 0.149. The van der Waals surface area contributed by atoms with E-state index in [1.807, 2.05) is 41.7 Å². The minimum Gasteiger partial charge on any atom is -0.359 e. The summed E-state index contributed by atoms with van der Waals surface area (Å²) in [5.74, 6) is 0.842. The van der Waals surface area contributed by atoms with Crippen molar-refractivity contribution in [1.29, 1.82) is 0 Å². The van der Waals surface area contributed by atoms with Crippen LogP contribution in [0.15, 0.2) is 35.5 Å². The molecule has 3 aliphatic rings. The Bertz CT molecular complexity index is 1210. The van der Waals surface area contributed by atoms with Crippen LogP contribution in [0.1, 0.15) is 42.5 Å². The molecule has 3 aromatic rings. The van der Waals surface area contributed by atoms with Gasteiger partial charge in [0.15, 0.2) is 5.13 Å². The van der Waals surface area contributed by atoms with Crippen LogP contribution in [0.4, 0.5) is 11.1 Å². The Hall–Kier alpha value is -2.43. The lowest BCUT2D eigenvalue weighted by Gasteiger charge is -2.22. The van der Waals surface area contributed by atoms with Gasteiger partial charge in [-0.1, -0.05) is 11.3 Å². The molecule has 10 heteroatoms. The zero-order valence-corrected chi connectivity index (χ0v) is 21.6. The second-order valence-corrected chi connectivity index (χ2v) is 12.0. The average molecular weight is 510 g/mol. The molecular weight excluding hydrogens is 478 g/mol. The van der Waals surface area contributed by atoms with Gasteiger partial charge in [-0.25, -0.2) is 15.0 Å². The molecule has 8 nitrogen and oxygen atoms in total. The molecule has 4 heterocycles. The Morgan fingerprint density at radius 3 is 2.80 bits per heavy atom. The van der Waals surface area contributed by atoms with E-state index < -0.39 is 0 Å². The van der Waals surface area contributed by atoms with Gasteiger partial charge in [-0.2, -0.15) is 0 Å². The molecule has 2 aliphatic heterocycles. The van der Waals surface area contributed by atoms with E-state index in [9.17, 15) is 4.79 Å². The van der Waals surface area contributed by atoms with Gasteiger partial charge in [-0.3, -0.25) is 4.79 Å². The number of thioether (sulfide) groups is 1. The maximum atomic E-state index is 13.2. The molecule has 2 saturated heterocycles. The first kappa shape index (κ1) is 23.0. The van der Waals surface area contributed by atoms with Crippen molar-refractivity contribution in [2.75, 3.05) is 43.1 Å². The van der Waals surface area contributed by atoms with Gasteiger partial charge >= 0.3 is 0 Å². The van der Waals surface area contributed by atoms with Crippen molar-refractivity contribution in [3.8, 4) is 0 Å². The van der Waals surface area contributed by atoms with Gasteiger partial charge in [0.25, 0.3) is 5.91 Å². The third kappa shape index (κ3) is 4.83. The van der Waals surface area contributed by atoms with Gasteiger partial charge in [-0.15, -0.1) is 11.8 Å². The fraction of sp³-hybridized carbons (Fsp3) is 0.520. The molecule has 0 bridgehead atoms. The number of carbonyl (C=O) groups excluding carboxylic acids is 1. The minimum absolute atomic E-state index is 0.149. The monoisotopic (exact) mass is 509 g/mol. The lowest BCUT2D eigenvalue weighted by Crippen LogP contribution is -2.33. The van der Waals surface area contributed by atoms with Crippen molar-refractivity contribution in [3.63, 3.8) is 0 Å². The molecule has 6 rings (SSSR count). The molecule has 3 N–H and O–H groups in total. The summed E-state index contributed by atoms with van der Waals surface area (Å²) in [6.45, 7) is 3.84. The van der Waals surface area contributed by atoms with Crippen molar-refractivity contribution in [1.82, 2.24) is 25.2 Å². The Morgan fingerprint density at radius 1 is 1.20 bits per heavy atom. The number of anilines is 2. The number of likely N-dealkylation sites (tertiary alicyclic amines) is 1. The Labute approximate surface area is 213 Å². The number of fused-ring (bicyclic) bond motifs is 1. The molecule has 3 fully saturated rings. The van der Waals surface area contributed by atoms with E-state index in [1.165, 1.54) is 6.42 Å². The Morgan fingerprint density at radius 2 is 2.03 bits per heavy atom. The third-order valence-electron chi connectivity index (χ3n) is 7.65. The highest BCUT2D eigenvalue weighted by atomic mass is 32.2. The van der Waals surface area contributed by atoms with Crippen LogP contribution in [0.5, 0.6) is 0 Å². The van der Waals surface area contributed by atoms with Gasteiger partial charge in [-0.05, 0) is 63.1 Å². The Kier molecular flexibility index (Phi) is 6.28. The number of amides is 1. The average Bonchev–Trinajstić information content (AvgIpc) is 3.68. The zero-order valence-electron chi connectivity index (χ0n) is 19.9. The predicted molar refractivity (Wildman–Crippen MR) is 143 cm³/mol. The molecule has 0 radical (unpaired) electrons. The van der Waals surface area contributed by atoms with E-state index in [1.54, 1.807) is 23.1 Å². The van der Waals surface area contributed by atoms with Gasteiger partial charge in [0.05, 0.1) is 10.2 Å². The van der Waals surface area contributed by atoms with Crippen molar-refractivity contribution < 1.29 is 4.79 Å². The van der Waals surface area contributed by atoms with Crippen LogP contribution in [0.3, 0.4) is 0 Å². The number of nitrogens with zero attached hydrogens (tertiary/aromatic N) is 4. The first-order valence-electron chi connectivity index (χ1n) is 12.4. The maximum Gasteiger partial charge on any atom is 0.253 e. The molecular formula is C25H31N7OS2. The number of hydrogen-bond acceptors (Lipinski definition) is 9. The molecule has 3 atom stereocenters. The summed E-state index contributed by atoms with van der Waals surface area (Å²) in [5.41, 5.74) is 2.01. The van der Waals surface area contributed by atoms with E-state index in [0.29, 0.717) is 23.4 Å². The number of aromatic nitrogens is 3. The van der Waals surface area contributed by atoms with Crippen LogP contribution in [0, 0.1) is 5.41 Å². The van der Waals surface area contributed by atoms with Crippen LogP contribution in [0.2, 0.25) is 0 Å². The summed E-state index contributed by atoms with van der Waals surface area (Å²) >= 11 is 3.28. The SMILES string of the molecule is CSc1cnc(N[C@H]2CC[C@H](Nc3nc4ccc(C(=O)N5CCC6(CCNC6)C5)cc4s3)C2)nc1. The van der Waals surface area contributed by atoms with Crippen molar-refractivity contribution in [2.45, 2.75) is 49.1 Å². The molecule has 184 valence electrons. The van der Waals surface area contributed by atoms with E-state index in [-0.39, 0.29) is 5.91 Å². The molecule has 1 amide bonds. The lowest BCUT2D eigenvalue weighted by molar-refractivity contribution is 0.0776. The molecule has 2 aromatic heterocycles. The summed E-state index contributed by atoms with van der Waals surface area (Å²) in [7, 11) is 0. The second kappa shape index (κ2) is 9.55. The Balaban J connectivity index is 1.07. The van der Waals surface area contributed by atoms with Gasteiger partial charge in [0.1, 0.15) is 0 Å². The molecule has 1 aromatic carbocycles. The number of carbonyl (C=O) groups is 1. The summed E-state index contributed by atoms with van der Waals surface area (Å²) in [4.78, 5) is 29.9. The quantitative estimate of drug-likeness (QED) is 0.428. The number of nitrogens with one attached hydrogen (secondary N) is 3. The van der Waals surface area contributed by atoms with Gasteiger partial charge < -0.3 is 20.9 Å². The summed E-state index contributed by atoms with van der Waals surface area (Å²) < 4.78 is 1.06. The summed E-state index contributed by atoms with van der Waals surface area (Å²) in [6, 6.07) is 6.66. The van der Waals surface area contributed by atoms with Crippen molar-refractivity contribution in [3.05, 3.63) is 36.2 Å². The third-order valence-corrected chi connectivity index (χ3v) is 9.28. The first-order valence-corrected chi connectivity index (χ1v) is 14.4. The fourth-order valence-corrected chi connectivity index (χ4v) is 6.95. The van der Waals surface area contributed by atoms with Crippen LogP contribution in [0.25, 0.3) is 10.2 Å². The first-order chi connectivity index (χ1) is 17.1. The lowest BCUT2D eigenvalue weighted by atomic mass is 9.86. The predicted octanol–water partition coefficient (Wildman–Crippen LogP) is 4.08. The van der Waals surface area contributed by atoms with Crippen molar-refractivity contribution >= 4 is 50.3 Å². The highest BCUT2D eigenvalue weighted by Crippen LogP contribution is 2.37. The smallest absolute Gasteiger partial charge is 0.253 e. The van der Waals surface area contributed by atoms with Gasteiger partial charge in [0, 0.05) is 60.0 Å². The normalized spacial score (nSPS) is 26.1. The van der Waals surface area contributed by atoms with Crippen LogP contribution < -0.4 is 16.0 Å². The number of thiazole rings is 1. The standard InChI is InChI=1S/C25H31N7OS2/c1-34-19-12-27-23(28-13-19)29-17-3-4-18(11-17)30-24-31-20-5-2-16(10-21(20)35-24)22(33)32-9-7-25(15-32)6-8-26-14-25/h2,5,10,12-13,17-18,26H,3-4,6-9,11,14-15H2,1H3,(H,30,31)(H,27,28,29)/t17-,18-,25?/m0/s1.